The molecular formula is C14H19BrClFN2O. The molecule has 2 rings (SSSR count). The summed E-state index contributed by atoms with van der Waals surface area (Å²) in [6.45, 7) is 1.93. The Labute approximate surface area is 133 Å². The molecule has 20 heavy (non-hydrogen) atoms. The third-order valence-electron chi connectivity index (χ3n) is 3.59. The quantitative estimate of drug-likeness (QED) is 0.893. The molecule has 6 heteroatoms. The Morgan fingerprint density at radius 3 is 2.70 bits per heavy atom. The molecule has 1 heterocycles. The SMILES string of the molecule is CN(C(=O)Cc1ccc(F)c(Br)c1)C1CCNCC1.Cl. The van der Waals surface area contributed by atoms with E-state index >= 15 is 0 Å². The number of amides is 1. The molecule has 0 spiro atoms. The molecule has 1 aromatic carbocycles. The molecule has 0 unspecified atom stereocenters. The highest BCUT2D eigenvalue weighted by molar-refractivity contribution is 9.10. The van der Waals surface area contributed by atoms with Gasteiger partial charge in [0, 0.05) is 13.1 Å². The molecule has 112 valence electrons. The van der Waals surface area contributed by atoms with E-state index in [-0.39, 0.29) is 24.1 Å². The lowest BCUT2D eigenvalue weighted by atomic mass is 10.0. The van der Waals surface area contributed by atoms with E-state index in [0.717, 1.165) is 31.5 Å². The maximum absolute atomic E-state index is 13.1. The minimum absolute atomic E-state index is 0. The number of rotatable bonds is 3. The summed E-state index contributed by atoms with van der Waals surface area (Å²) in [6, 6.07) is 5.03. The molecule has 1 N–H and O–H groups in total. The molecule has 0 radical (unpaired) electrons. The molecular weight excluding hydrogens is 347 g/mol. The second-order valence-electron chi connectivity index (χ2n) is 4.91. The normalized spacial score (nSPS) is 15.6. The van der Waals surface area contributed by atoms with Gasteiger partial charge in [0.15, 0.2) is 0 Å². The van der Waals surface area contributed by atoms with Crippen LogP contribution in [0.15, 0.2) is 22.7 Å². The maximum atomic E-state index is 13.1. The number of halogens is 3. The molecule has 0 atom stereocenters. The monoisotopic (exact) mass is 364 g/mol. The lowest BCUT2D eigenvalue weighted by Crippen LogP contribution is -2.44. The number of hydrogen-bond donors (Lipinski definition) is 1. The van der Waals surface area contributed by atoms with Crippen molar-refractivity contribution in [2.24, 2.45) is 0 Å². The predicted octanol–water partition coefficient (Wildman–Crippen LogP) is 2.76. The summed E-state index contributed by atoms with van der Waals surface area (Å²) >= 11 is 3.14. The van der Waals surface area contributed by atoms with Gasteiger partial charge in [0.25, 0.3) is 0 Å². The number of carbonyl (C=O) groups excluding carboxylic acids is 1. The van der Waals surface area contributed by atoms with Gasteiger partial charge < -0.3 is 10.2 Å². The van der Waals surface area contributed by atoms with Crippen molar-refractivity contribution in [3.05, 3.63) is 34.1 Å². The van der Waals surface area contributed by atoms with Crippen molar-refractivity contribution in [1.29, 1.82) is 0 Å². The van der Waals surface area contributed by atoms with Crippen molar-refractivity contribution in [2.75, 3.05) is 20.1 Å². The van der Waals surface area contributed by atoms with Gasteiger partial charge in [-0.25, -0.2) is 4.39 Å². The van der Waals surface area contributed by atoms with Crippen molar-refractivity contribution in [1.82, 2.24) is 10.2 Å². The first-order valence-corrected chi connectivity index (χ1v) is 7.27. The van der Waals surface area contributed by atoms with E-state index < -0.39 is 0 Å². The molecule has 0 saturated carbocycles. The highest BCUT2D eigenvalue weighted by Crippen LogP contribution is 2.18. The van der Waals surface area contributed by atoms with Gasteiger partial charge in [-0.05, 0) is 59.6 Å². The second kappa shape index (κ2) is 7.96. The molecule has 1 saturated heterocycles. The van der Waals surface area contributed by atoms with Crippen molar-refractivity contribution >= 4 is 34.2 Å². The third-order valence-corrected chi connectivity index (χ3v) is 4.20. The van der Waals surface area contributed by atoms with Crippen LogP contribution in [0.3, 0.4) is 0 Å². The third kappa shape index (κ3) is 4.43. The molecule has 1 amide bonds. The lowest BCUT2D eigenvalue weighted by Gasteiger charge is -2.31. The fourth-order valence-electron chi connectivity index (χ4n) is 2.35. The summed E-state index contributed by atoms with van der Waals surface area (Å²) in [5, 5.41) is 3.29. The van der Waals surface area contributed by atoms with Crippen LogP contribution in [0.5, 0.6) is 0 Å². The smallest absolute Gasteiger partial charge is 0.226 e. The highest BCUT2D eigenvalue weighted by atomic mass is 79.9. The topological polar surface area (TPSA) is 32.3 Å². The first kappa shape index (κ1) is 17.4. The number of likely N-dealkylation sites (N-methyl/N-ethyl adjacent to an activating group) is 1. The average Bonchev–Trinajstić information content (AvgIpc) is 2.43. The number of nitrogens with one attached hydrogen (secondary N) is 1. The Hall–Kier alpha value is -0.650. The number of hydrogen-bond acceptors (Lipinski definition) is 2. The van der Waals surface area contributed by atoms with Gasteiger partial charge >= 0.3 is 0 Å². The molecule has 0 bridgehead atoms. The Morgan fingerprint density at radius 2 is 2.10 bits per heavy atom. The minimum Gasteiger partial charge on any atom is -0.342 e. The van der Waals surface area contributed by atoms with Crippen molar-refractivity contribution in [3.8, 4) is 0 Å². The van der Waals surface area contributed by atoms with Gasteiger partial charge in [-0.3, -0.25) is 4.79 Å². The van der Waals surface area contributed by atoms with Crippen LogP contribution < -0.4 is 5.32 Å². The van der Waals surface area contributed by atoms with Crippen LogP contribution in [0, 0.1) is 5.82 Å². The van der Waals surface area contributed by atoms with Crippen LogP contribution in [0.1, 0.15) is 18.4 Å². The van der Waals surface area contributed by atoms with Crippen LogP contribution in [-0.4, -0.2) is 37.0 Å². The largest absolute Gasteiger partial charge is 0.342 e. The van der Waals surface area contributed by atoms with Crippen LogP contribution in [0.4, 0.5) is 4.39 Å². The van der Waals surface area contributed by atoms with Gasteiger partial charge in [0.05, 0.1) is 10.9 Å². The second-order valence-corrected chi connectivity index (χ2v) is 5.77. The van der Waals surface area contributed by atoms with E-state index in [9.17, 15) is 9.18 Å². The Balaban J connectivity index is 0.00000200. The zero-order valence-corrected chi connectivity index (χ0v) is 13.8. The summed E-state index contributed by atoms with van der Waals surface area (Å²) in [5.74, 6) is -0.215. The van der Waals surface area contributed by atoms with E-state index in [1.807, 2.05) is 11.9 Å². The van der Waals surface area contributed by atoms with Gasteiger partial charge in [-0.1, -0.05) is 6.07 Å². The Morgan fingerprint density at radius 1 is 1.45 bits per heavy atom. The highest BCUT2D eigenvalue weighted by Gasteiger charge is 2.21. The number of benzene rings is 1. The van der Waals surface area contributed by atoms with Crippen molar-refractivity contribution < 1.29 is 9.18 Å². The first-order valence-electron chi connectivity index (χ1n) is 6.48. The van der Waals surface area contributed by atoms with E-state index in [1.165, 1.54) is 6.07 Å². The number of carbonyl (C=O) groups is 1. The van der Waals surface area contributed by atoms with Crippen LogP contribution in [0.2, 0.25) is 0 Å². The average molecular weight is 366 g/mol. The molecule has 0 aromatic heterocycles. The molecule has 0 aliphatic carbocycles. The van der Waals surface area contributed by atoms with Gasteiger partial charge in [0.2, 0.25) is 5.91 Å². The maximum Gasteiger partial charge on any atom is 0.226 e. The van der Waals surface area contributed by atoms with Crippen molar-refractivity contribution in [3.63, 3.8) is 0 Å². The fourth-order valence-corrected chi connectivity index (χ4v) is 2.77. The lowest BCUT2D eigenvalue weighted by molar-refractivity contribution is -0.131. The molecule has 1 aliphatic heterocycles. The fraction of sp³-hybridized carbons (Fsp3) is 0.500. The molecule has 1 aromatic rings. The summed E-state index contributed by atoms with van der Waals surface area (Å²) in [6.07, 6.45) is 2.31. The standard InChI is InChI=1S/C14H18BrFN2O.ClH/c1-18(11-4-6-17-7-5-11)14(19)9-10-2-3-13(16)12(15)8-10;/h2-3,8,11,17H,4-7,9H2,1H3;1H. The summed E-state index contributed by atoms with van der Waals surface area (Å²) in [4.78, 5) is 14.0. The number of piperidine rings is 1. The Kier molecular flexibility index (Phi) is 6.92. The molecule has 1 fully saturated rings. The Bertz CT molecular complexity index is 466. The molecule has 3 nitrogen and oxygen atoms in total. The summed E-state index contributed by atoms with van der Waals surface area (Å²) < 4.78 is 13.5. The number of nitrogens with zero attached hydrogens (tertiary/aromatic N) is 1. The van der Waals surface area contributed by atoms with E-state index in [1.54, 1.807) is 12.1 Å². The van der Waals surface area contributed by atoms with Gasteiger partial charge in [0.1, 0.15) is 5.82 Å². The zero-order chi connectivity index (χ0) is 13.8. The predicted molar refractivity (Wildman–Crippen MR) is 83.7 cm³/mol. The van der Waals surface area contributed by atoms with E-state index in [0.29, 0.717) is 16.9 Å². The van der Waals surface area contributed by atoms with Crippen LogP contribution >= 0.6 is 28.3 Å². The summed E-state index contributed by atoms with van der Waals surface area (Å²) in [5.41, 5.74) is 0.832. The van der Waals surface area contributed by atoms with E-state index in [2.05, 4.69) is 21.2 Å². The van der Waals surface area contributed by atoms with Gasteiger partial charge in [-0.15, -0.1) is 12.4 Å². The van der Waals surface area contributed by atoms with Crippen LogP contribution in [0.25, 0.3) is 0 Å². The van der Waals surface area contributed by atoms with Crippen LogP contribution in [-0.2, 0) is 11.2 Å². The van der Waals surface area contributed by atoms with Gasteiger partial charge in [-0.2, -0.15) is 0 Å². The first-order chi connectivity index (χ1) is 9.08. The molecule has 1 aliphatic rings. The summed E-state index contributed by atoms with van der Waals surface area (Å²) in [7, 11) is 1.86. The zero-order valence-electron chi connectivity index (χ0n) is 11.4. The van der Waals surface area contributed by atoms with E-state index in [4.69, 9.17) is 0 Å². The minimum atomic E-state index is -0.303. The van der Waals surface area contributed by atoms with Crippen molar-refractivity contribution in [2.45, 2.75) is 25.3 Å².